The molecule has 36 heavy (non-hydrogen) atoms. The number of carbonyl (C=O) groups is 1. The fourth-order valence-electron chi connectivity index (χ4n) is 5.09. The molecule has 1 aliphatic heterocycles. The van der Waals surface area contributed by atoms with Gasteiger partial charge in [-0.25, -0.2) is 9.97 Å². The van der Waals surface area contributed by atoms with E-state index in [1.165, 1.54) is 75.0 Å². The molecule has 0 amide bonds. The molecule has 0 bridgehead atoms. The Kier molecular flexibility index (Phi) is 11.0. The van der Waals surface area contributed by atoms with Gasteiger partial charge in [-0.3, -0.25) is 14.2 Å². The van der Waals surface area contributed by atoms with E-state index in [0.717, 1.165) is 19.3 Å². The third-order valence-corrected chi connectivity index (χ3v) is 7.22. The highest BCUT2D eigenvalue weighted by Gasteiger charge is 2.60. The highest BCUT2D eigenvalue weighted by Crippen LogP contribution is 2.39. The number of hydrogen-bond donors (Lipinski definition) is 4. The number of ketones is 1. The zero-order chi connectivity index (χ0) is 26.0. The summed E-state index contributed by atoms with van der Waals surface area (Å²) < 4.78 is 7.03. The maximum Gasteiger partial charge on any atom is 0.278 e. The number of hydrogen-bond acceptors (Lipinski definition) is 8. The molecule has 3 heterocycles. The molecule has 0 radical (unpaired) electrons. The third kappa shape index (κ3) is 6.40. The molecule has 202 valence electrons. The van der Waals surface area contributed by atoms with Gasteiger partial charge in [0.25, 0.3) is 5.56 Å². The first-order chi connectivity index (χ1) is 17.5. The minimum absolute atomic E-state index is 0.0108. The summed E-state index contributed by atoms with van der Waals surface area (Å²) >= 11 is 0. The van der Waals surface area contributed by atoms with E-state index in [9.17, 15) is 24.9 Å². The molecule has 1 saturated heterocycles. The second kappa shape index (κ2) is 14.0. The molecule has 2 aromatic rings. The average molecular weight is 507 g/mol. The lowest BCUT2D eigenvalue weighted by Gasteiger charge is -2.32. The maximum atomic E-state index is 13.5. The van der Waals surface area contributed by atoms with Crippen molar-refractivity contribution in [1.82, 2.24) is 19.5 Å². The van der Waals surface area contributed by atoms with Crippen molar-refractivity contribution in [2.45, 2.75) is 121 Å². The Morgan fingerprint density at radius 2 is 1.58 bits per heavy atom. The Hall–Kier alpha value is -2.14. The molecule has 0 saturated carbocycles. The Bertz CT molecular complexity index is 1010. The molecule has 4 atom stereocenters. The Labute approximate surface area is 212 Å². The van der Waals surface area contributed by atoms with Crippen LogP contribution >= 0.6 is 0 Å². The summed E-state index contributed by atoms with van der Waals surface area (Å²) in [6.45, 7) is 1.66. The molecular formula is C26H42N4O6. The lowest BCUT2D eigenvalue weighted by molar-refractivity contribution is -0.174. The van der Waals surface area contributed by atoms with Crippen LogP contribution in [0.1, 0.15) is 96.8 Å². The lowest BCUT2D eigenvalue weighted by atomic mass is 9.94. The van der Waals surface area contributed by atoms with E-state index in [2.05, 4.69) is 21.9 Å². The minimum Gasteiger partial charge on any atom is -0.394 e. The van der Waals surface area contributed by atoms with Crippen molar-refractivity contribution in [3.8, 4) is 0 Å². The molecule has 0 spiro atoms. The van der Waals surface area contributed by atoms with Gasteiger partial charge < -0.3 is 25.0 Å². The summed E-state index contributed by atoms with van der Waals surface area (Å²) in [4.78, 5) is 36.2. The quantitative estimate of drug-likeness (QED) is 0.239. The summed E-state index contributed by atoms with van der Waals surface area (Å²) in [6.07, 6.45) is 13.5. The van der Waals surface area contributed by atoms with Gasteiger partial charge in [0.15, 0.2) is 16.9 Å². The van der Waals surface area contributed by atoms with Gasteiger partial charge in [0.1, 0.15) is 24.6 Å². The maximum absolute atomic E-state index is 13.5. The number of aliphatic hydroxyl groups is 3. The van der Waals surface area contributed by atoms with Gasteiger partial charge >= 0.3 is 0 Å². The smallest absolute Gasteiger partial charge is 0.278 e. The van der Waals surface area contributed by atoms with Gasteiger partial charge in [-0.15, -0.1) is 0 Å². The monoisotopic (exact) mass is 506 g/mol. The van der Waals surface area contributed by atoms with Gasteiger partial charge in [-0.1, -0.05) is 84.0 Å². The summed E-state index contributed by atoms with van der Waals surface area (Å²) in [5.41, 5.74) is -2.46. The topological polar surface area (TPSA) is 151 Å². The number of fused-ring (bicyclic) bond motifs is 1. The first-order valence-electron chi connectivity index (χ1n) is 13.6. The molecule has 1 fully saturated rings. The molecule has 0 unspecified atom stereocenters. The van der Waals surface area contributed by atoms with Crippen molar-refractivity contribution in [1.29, 1.82) is 0 Å². The van der Waals surface area contributed by atoms with E-state index in [4.69, 9.17) is 4.74 Å². The van der Waals surface area contributed by atoms with E-state index in [-0.39, 0.29) is 17.6 Å². The van der Waals surface area contributed by atoms with Crippen molar-refractivity contribution < 1.29 is 24.9 Å². The fraction of sp³-hybridized carbons (Fsp3) is 0.769. The van der Waals surface area contributed by atoms with E-state index in [1.807, 2.05) is 0 Å². The third-order valence-electron chi connectivity index (χ3n) is 7.22. The number of carbonyl (C=O) groups excluding carboxylic acids is 1. The first kappa shape index (κ1) is 28.4. The van der Waals surface area contributed by atoms with Gasteiger partial charge in [0.2, 0.25) is 5.72 Å². The van der Waals surface area contributed by atoms with Crippen LogP contribution in [0, 0.1) is 0 Å². The molecule has 2 aromatic heterocycles. The molecule has 10 heteroatoms. The SMILES string of the molecule is CCCCCCCCCCCCCCCC(=O)[C@@]1(n2cnc3c(=O)[nH]cnc32)O[C@H](CO)[C@@H](O)[C@H]1O. The zero-order valence-electron chi connectivity index (χ0n) is 21.4. The largest absolute Gasteiger partial charge is 0.394 e. The minimum atomic E-state index is -2.01. The number of Topliss-reactive ketones (excluding diaryl/α,β-unsaturated/α-hetero) is 1. The predicted molar refractivity (Wildman–Crippen MR) is 135 cm³/mol. The van der Waals surface area contributed by atoms with Gasteiger partial charge in [-0.2, -0.15) is 0 Å². The van der Waals surface area contributed by atoms with Crippen LogP contribution in [0.25, 0.3) is 11.2 Å². The first-order valence-corrected chi connectivity index (χ1v) is 13.6. The van der Waals surface area contributed by atoms with Crippen LogP contribution in [0.2, 0.25) is 0 Å². The summed E-state index contributed by atoms with van der Waals surface area (Å²) in [6, 6.07) is 0. The number of nitrogens with zero attached hydrogens (tertiary/aromatic N) is 3. The molecule has 3 rings (SSSR count). The van der Waals surface area contributed by atoms with Crippen LogP contribution in [0.5, 0.6) is 0 Å². The normalized spacial score (nSPS) is 24.1. The van der Waals surface area contributed by atoms with E-state index in [1.54, 1.807) is 0 Å². The van der Waals surface area contributed by atoms with Crippen LogP contribution < -0.4 is 5.56 Å². The average Bonchev–Trinajstić information content (AvgIpc) is 3.42. The number of rotatable bonds is 17. The Morgan fingerprint density at radius 3 is 2.14 bits per heavy atom. The van der Waals surface area contributed by atoms with Crippen LogP contribution in [-0.2, 0) is 15.3 Å². The molecule has 4 N–H and O–H groups in total. The molecular weight excluding hydrogens is 464 g/mol. The molecule has 10 nitrogen and oxygen atoms in total. The Balaban J connectivity index is 1.52. The zero-order valence-corrected chi connectivity index (χ0v) is 21.4. The van der Waals surface area contributed by atoms with Gasteiger partial charge in [0.05, 0.1) is 12.9 Å². The lowest BCUT2D eigenvalue weighted by Crippen LogP contribution is -2.51. The number of aliphatic hydroxyl groups excluding tert-OH is 3. The van der Waals surface area contributed by atoms with Crippen molar-refractivity contribution in [2.24, 2.45) is 0 Å². The highest BCUT2D eigenvalue weighted by molar-refractivity contribution is 5.88. The van der Waals surface area contributed by atoms with Crippen LogP contribution in [0.15, 0.2) is 17.4 Å². The van der Waals surface area contributed by atoms with Crippen molar-refractivity contribution in [3.05, 3.63) is 23.0 Å². The van der Waals surface area contributed by atoms with Crippen molar-refractivity contribution >= 4 is 16.9 Å². The van der Waals surface area contributed by atoms with Crippen LogP contribution in [0.3, 0.4) is 0 Å². The van der Waals surface area contributed by atoms with Gasteiger partial charge in [0, 0.05) is 6.42 Å². The number of aromatic amines is 1. The standard InChI is InChI=1S/C26H42N4O6/c1-2-3-4-5-6-7-8-9-10-11-12-13-14-15-20(32)26(23(34)22(33)19(16-31)36-26)30-18-29-21-24(30)27-17-28-25(21)35/h17-19,22-23,31,33-34H,2-16H2,1H3,(H,27,28,35)/t19-,22-,23-,26-/m1/s1. The van der Waals surface area contributed by atoms with E-state index >= 15 is 0 Å². The van der Waals surface area contributed by atoms with Crippen molar-refractivity contribution in [3.63, 3.8) is 0 Å². The number of H-pyrrole nitrogens is 1. The Morgan fingerprint density at radius 1 is 1.00 bits per heavy atom. The van der Waals surface area contributed by atoms with Crippen LogP contribution in [0.4, 0.5) is 0 Å². The summed E-state index contributed by atoms with van der Waals surface area (Å²) in [5, 5.41) is 31.0. The number of aromatic nitrogens is 4. The highest BCUT2D eigenvalue weighted by atomic mass is 16.6. The fourth-order valence-corrected chi connectivity index (χ4v) is 5.09. The summed E-state index contributed by atoms with van der Waals surface area (Å²) in [7, 11) is 0. The van der Waals surface area contributed by atoms with Gasteiger partial charge in [-0.05, 0) is 6.42 Å². The van der Waals surface area contributed by atoms with Crippen molar-refractivity contribution in [2.75, 3.05) is 6.61 Å². The molecule has 1 aliphatic rings. The molecule has 0 aliphatic carbocycles. The van der Waals surface area contributed by atoms with E-state index < -0.39 is 42.0 Å². The second-order valence-electron chi connectivity index (χ2n) is 9.91. The number of ether oxygens (including phenoxy) is 1. The summed E-state index contributed by atoms with van der Waals surface area (Å²) in [5.74, 6) is -0.450. The van der Waals surface area contributed by atoms with Crippen LogP contribution in [-0.4, -0.2) is 65.5 Å². The number of imidazole rings is 1. The number of unbranched alkanes of at least 4 members (excludes halogenated alkanes) is 12. The molecule has 0 aromatic carbocycles. The predicted octanol–water partition coefficient (Wildman–Crippen LogP) is 2.94. The van der Waals surface area contributed by atoms with E-state index in [0.29, 0.717) is 6.42 Å². The second-order valence-corrected chi connectivity index (χ2v) is 9.91. The number of nitrogens with one attached hydrogen (secondary N) is 1.